The molecule has 0 aliphatic carbocycles. The van der Waals surface area contributed by atoms with Gasteiger partial charge >= 0.3 is 0 Å². The third-order valence-electron chi connectivity index (χ3n) is 2.62. The van der Waals surface area contributed by atoms with Crippen molar-refractivity contribution in [3.05, 3.63) is 36.0 Å². The standard InChI is InChI=1S/C13H17N3O3/c1-17-10-6-4-5-9(7-10)14-12-8-11(15-16-12)13(18-2)19-3/h4-8,13H,1-3H3,(H2,14,15,16). The maximum absolute atomic E-state index is 5.16. The predicted octanol–water partition coefficient (Wildman–Crippen LogP) is 2.45. The Balaban J connectivity index is 2.10. The van der Waals surface area contributed by atoms with Crippen LogP contribution in [-0.2, 0) is 9.47 Å². The quantitative estimate of drug-likeness (QED) is 0.783. The summed E-state index contributed by atoms with van der Waals surface area (Å²) in [6.45, 7) is 0. The second-order valence-electron chi connectivity index (χ2n) is 3.87. The lowest BCUT2D eigenvalue weighted by atomic mass is 10.3. The molecule has 2 N–H and O–H groups in total. The molecule has 19 heavy (non-hydrogen) atoms. The predicted molar refractivity (Wildman–Crippen MR) is 71.6 cm³/mol. The molecule has 0 atom stereocenters. The van der Waals surface area contributed by atoms with E-state index in [1.807, 2.05) is 30.3 Å². The van der Waals surface area contributed by atoms with Gasteiger partial charge < -0.3 is 19.5 Å². The summed E-state index contributed by atoms with van der Waals surface area (Å²) in [7, 11) is 4.78. The molecule has 0 amide bonds. The van der Waals surface area contributed by atoms with Crippen molar-refractivity contribution in [2.24, 2.45) is 0 Å². The number of nitrogens with zero attached hydrogens (tertiary/aromatic N) is 1. The van der Waals surface area contributed by atoms with Crippen LogP contribution in [0.1, 0.15) is 12.0 Å². The van der Waals surface area contributed by atoms with E-state index in [9.17, 15) is 0 Å². The van der Waals surface area contributed by atoms with E-state index in [1.165, 1.54) is 0 Å². The number of benzene rings is 1. The van der Waals surface area contributed by atoms with Crippen LogP contribution in [0.5, 0.6) is 5.75 Å². The first-order valence-corrected chi connectivity index (χ1v) is 5.78. The minimum absolute atomic E-state index is 0.451. The number of hydrogen-bond donors (Lipinski definition) is 2. The molecular weight excluding hydrogens is 246 g/mol. The molecule has 1 aromatic carbocycles. The van der Waals surface area contributed by atoms with Crippen molar-refractivity contribution in [2.45, 2.75) is 6.29 Å². The molecule has 102 valence electrons. The molecule has 0 bridgehead atoms. The van der Waals surface area contributed by atoms with Crippen molar-refractivity contribution >= 4 is 11.5 Å². The highest BCUT2D eigenvalue weighted by Crippen LogP contribution is 2.22. The molecule has 2 aromatic rings. The monoisotopic (exact) mass is 263 g/mol. The highest BCUT2D eigenvalue weighted by molar-refractivity contribution is 5.58. The van der Waals surface area contributed by atoms with Gasteiger partial charge in [0, 0.05) is 32.0 Å². The van der Waals surface area contributed by atoms with Crippen LogP contribution in [0, 0.1) is 0 Å². The SMILES string of the molecule is COc1cccc(Nc2cc(C(OC)OC)[nH]n2)c1. The van der Waals surface area contributed by atoms with E-state index >= 15 is 0 Å². The maximum atomic E-state index is 5.16. The Morgan fingerprint density at radius 2 is 1.95 bits per heavy atom. The number of aromatic amines is 1. The molecule has 0 saturated heterocycles. The van der Waals surface area contributed by atoms with Crippen molar-refractivity contribution < 1.29 is 14.2 Å². The summed E-state index contributed by atoms with van der Waals surface area (Å²) in [5, 5.41) is 10.2. The van der Waals surface area contributed by atoms with Gasteiger partial charge in [0.25, 0.3) is 0 Å². The summed E-state index contributed by atoms with van der Waals surface area (Å²) in [4.78, 5) is 0. The number of anilines is 2. The normalized spacial score (nSPS) is 10.7. The van der Waals surface area contributed by atoms with Gasteiger partial charge in [0.1, 0.15) is 5.75 Å². The number of hydrogen-bond acceptors (Lipinski definition) is 5. The van der Waals surface area contributed by atoms with Gasteiger partial charge in [-0.2, -0.15) is 5.10 Å². The van der Waals surface area contributed by atoms with Crippen LogP contribution in [0.4, 0.5) is 11.5 Å². The summed E-state index contributed by atoms with van der Waals surface area (Å²) in [5.41, 5.74) is 1.64. The van der Waals surface area contributed by atoms with Crippen molar-refractivity contribution in [2.75, 3.05) is 26.6 Å². The topological polar surface area (TPSA) is 68.4 Å². The molecule has 0 radical (unpaired) electrons. The van der Waals surface area contributed by atoms with E-state index in [4.69, 9.17) is 14.2 Å². The van der Waals surface area contributed by atoms with Gasteiger partial charge in [-0.1, -0.05) is 6.07 Å². The minimum atomic E-state index is -0.451. The van der Waals surface area contributed by atoms with Crippen LogP contribution in [-0.4, -0.2) is 31.5 Å². The van der Waals surface area contributed by atoms with Crippen LogP contribution < -0.4 is 10.1 Å². The maximum Gasteiger partial charge on any atom is 0.200 e. The van der Waals surface area contributed by atoms with Gasteiger partial charge in [0.05, 0.1) is 12.8 Å². The Hall–Kier alpha value is -2.05. The lowest BCUT2D eigenvalue weighted by Gasteiger charge is -2.09. The Morgan fingerprint density at radius 3 is 2.63 bits per heavy atom. The van der Waals surface area contributed by atoms with Crippen molar-refractivity contribution in [3.8, 4) is 5.75 Å². The van der Waals surface area contributed by atoms with Crippen LogP contribution in [0.15, 0.2) is 30.3 Å². The number of methoxy groups -OCH3 is 3. The van der Waals surface area contributed by atoms with E-state index in [-0.39, 0.29) is 0 Å². The number of ether oxygens (including phenoxy) is 3. The summed E-state index contributed by atoms with van der Waals surface area (Å²) < 4.78 is 15.5. The fourth-order valence-corrected chi connectivity index (χ4v) is 1.72. The number of aromatic nitrogens is 2. The van der Waals surface area contributed by atoms with E-state index < -0.39 is 6.29 Å². The zero-order valence-corrected chi connectivity index (χ0v) is 11.1. The van der Waals surface area contributed by atoms with E-state index in [0.717, 1.165) is 17.1 Å². The average Bonchev–Trinajstić information content (AvgIpc) is 2.89. The van der Waals surface area contributed by atoms with Crippen LogP contribution in [0.3, 0.4) is 0 Å². The Labute approximate surface area is 111 Å². The first-order valence-electron chi connectivity index (χ1n) is 5.78. The van der Waals surface area contributed by atoms with Crippen molar-refractivity contribution in [1.82, 2.24) is 10.2 Å². The molecule has 0 spiro atoms. The van der Waals surface area contributed by atoms with Gasteiger partial charge in [-0.05, 0) is 12.1 Å². The lowest BCUT2D eigenvalue weighted by molar-refractivity contribution is -0.108. The zero-order chi connectivity index (χ0) is 13.7. The third kappa shape index (κ3) is 3.24. The van der Waals surface area contributed by atoms with Gasteiger partial charge in [-0.25, -0.2) is 0 Å². The Kier molecular flexibility index (Phi) is 4.38. The molecule has 1 aromatic heterocycles. The summed E-state index contributed by atoms with van der Waals surface area (Å²) in [6.07, 6.45) is -0.451. The Morgan fingerprint density at radius 1 is 1.16 bits per heavy atom. The molecule has 6 heteroatoms. The second-order valence-corrected chi connectivity index (χ2v) is 3.87. The van der Waals surface area contributed by atoms with Crippen LogP contribution >= 0.6 is 0 Å². The fourth-order valence-electron chi connectivity index (χ4n) is 1.72. The molecule has 1 heterocycles. The number of nitrogens with one attached hydrogen (secondary N) is 2. The van der Waals surface area contributed by atoms with Gasteiger partial charge in [-0.3, -0.25) is 5.10 Å². The van der Waals surface area contributed by atoms with Crippen molar-refractivity contribution in [3.63, 3.8) is 0 Å². The number of H-pyrrole nitrogens is 1. The number of rotatable bonds is 6. The van der Waals surface area contributed by atoms with Gasteiger partial charge in [-0.15, -0.1) is 0 Å². The van der Waals surface area contributed by atoms with Crippen LogP contribution in [0.25, 0.3) is 0 Å². The zero-order valence-electron chi connectivity index (χ0n) is 11.1. The van der Waals surface area contributed by atoms with Crippen LogP contribution in [0.2, 0.25) is 0 Å². The largest absolute Gasteiger partial charge is 0.497 e. The van der Waals surface area contributed by atoms with Gasteiger partial charge in [0.15, 0.2) is 12.1 Å². The first-order chi connectivity index (χ1) is 9.26. The van der Waals surface area contributed by atoms with Crippen molar-refractivity contribution in [1.29, 1.82) is 0 Å². The fraction of sp³-hybridized carbons (Fsp3) is 0.308. The summed E-state index contributed by atoms with van der Waals surface area (Å²) >= 11 is 0. The smallest absolute Gasteiger partial charge is 0.200 e. The highest BCUT2D eigenvalue weighted by atomic mass is 16.7. The summed E-state index contributed by atoms with van der Waals surface area (Å²) in [6, 6.07) is 9.44. The first kappa shape index (κ1) is 13.4. The molecule has 0 aliphatic rings. The minimum Gasteiger partial charge on any atom is -0.497 e. The third-order valence-corrected chi connectivity index (χ3v) is 2.62. The second kappa shape index (κ2) is 6.21. The van der Waals surface area contributed by atoms with E-state index in [1.54, 1.807) is 21.3 Å². The molecule has 0 aliphatic heterocycles. The molecule has 0 unspecified atom stereocenters. The Bertz CT molecular complexity index is 523. The molecular formula is C13H17N3O3. The highest BCUT2D eigenvalue weighted by Gasteiger charge is 2.12. The molecule has 6 nitrogen and oxygen atoms in total. The average molecular weight is 263 g/mol. The van der Waals surface area contributed by atoms with E-state index in [2.05, 4.69) is 15.5 Å². The lowest BCUT2D eigenvalue weighted by Crippen LogP contribution is -2.03. The van der Waals surface area contributed by atoms with E-state index in [0.29, 0.717) is 5.82 Å². The van der Waals surface area contributed by atoms with Gasteiger partial charge in [0.2, 0.25) is 0 Å². The molecule has 2 rings (SSSR count). The molecule has 0 fully saturated rings. The summed E-state index contributed by atoms with van der Waals surface area (Å²) in [5.74, 6) is 1.47. The molecule has 0 saturated carbocycles.